The Morgan fingerprint density at radius 1 is 1.09 bits per heavy atom. The highest BCUT2D eigenvalue weighted by Crippen LogP contribution is 2.28. The fraction of sp³-hybridized carbons (Fsp3) is 0.632. The lowest BCUT2D eigenvalue weighted by Gasteiger charge is -2.31. The number of likely N-dealkylation sites (tertiary alicyclic amines) is 1. The largest absolute Gasteiger partial charge is 0.339 e. The van der Waals surface area contributed by atoms with Crippen molar-refractivity contribution in [3.05, 3.63) is 34.9 Å². The molecule has 0 aliphatic carbocycles. The van der Waals surface area contributed by atoms with Crippen molar-refractivity contribution < 1.29 is 4.79 Å². The highest BCUT2D eigenvalue weighted by atomic mass is 35.5. The molecule has 0 aromatic heterocycles. The van der Waals surface area contributed by atoms with Gasteiger partial charge in [-0.2, -0.15) is 0 Å². The lowest BCUT2D eigenvalue weighted by molar-refractivity contribution is 0.0697. The summed E-state index contributed by atoms with van der Waals surface area (Å²) in [5, 5.41) is 3.42. The highest BCUT2D eigenvalue weighted by Gasteiger charge is 2.23. The van der Waals surface area contributed by atoms with Gasteiger partial charge in [-0.3, -0.25) is 4.79 Å². The summed E-state index contributed by atoms with van der Waals surface area (Å²) in [5.74, 6) is 1.59. The van der Waals surface area contributed by atoms with Gasteiger partial charge in [0.1, 0.15) is 0 Å². The number of rotatable bonds is 2. The summed E-state index contributed by atoms with van der Waals surface area (Å²) in [5.41, 5.74) is 3.46. The lowest BCUT2D eigenvalue weighted by atomic mass is 9.88. The quantitative estimate of drug-likeness (QED) is 0.892. The minimum atomic E-state index is 0. The molecule has 2 saturated heterocycles. The Balaban J connectivity index is 0.00000192. The molecule has 2 aliphatic heterocycles. The van der Waals surface area contributed by atoms with Crippen LogP contribution in [0.4, 0.5) is 0 Å². The first-order valence-electron chi connectivity index (χ1n) is 8.75. The van der Waals surface area contributed by atoms with Gasteiger partial charge in [-0.1, -0.05) is 18.6 Å². The molecule has 0 unspecified atom stereocenters. The molecule has 1 aromatic carbocycles. The lowest BCUT2D eigenvalue weighted by Crippen LogP contribution is -2.38. The second-order valence-corrected chi connectivity index (χ2v) is 7.13. The zero-order valence-electron chi connectivity index (χ0n) is 14.3. The van der Waals surface area contributed by atoms with Crippen LogP contribution in [0.15, 0.2) is 18.2 Å². The Hall–Kier alpha value is -1.06. The summed E-state index contributed by atoms with van der Waals surface area (Å²) in [4.78, 5) is 14.8. The monoisotopic (exact) mass is 336 g/mol. The van der Waals surface area contributed by atoms with Crippen molar-refractivity contribution in [2.24, 2.45) is 5.92 Å². The van der Waals surface area contributed by atoms with E-state index in [0.717, 1.165) is 50.5 Å². The zero-order chi connectivity index (χ0) is 15.5. The van der Waals surface area contributed by atoms with Gasteiger partial charge in [-0.25, -0.2) is 0 Å². The third-order valence-electron chi connectivity index (χ3n) is 5.23. The summed E-state index contributed by atoms with van der Waals surface area (Å²) in [7, 11) is 0. The van der Waals surface area contributed by atoms with Crippen LogP contribution in [0, 0.1) is 12.8 Å². The van der Waals surface area contributed by atoms with E-state index in [-0.39, 0.29) is 18.3 Å². The van der Waals surface area contributed by atoms with Gasteiger partial charge in [0.25, 0.3) is 5.91 Å². The molecule has 2 fully saturated rings. The minimum Gasteiger partial charge on any atom is -0.339 e. The number of hydrogen-bond donors (Lipinski definition) is 1. The van der Waals surface area contributed by atoms with Gasteiger partial charge in [0.05, 0.1) is 0 Å². The second kappa shape index (κ2) is 8.16. The average Bonchev–Trinajstić information content (AvgIpc) is 2.55. The molecule has 23 heavy (non-hydrogen) atoms. The number of amides is 1. The molecule has 2 aliphatic rings. The van der Waals surface area contributed by atoms with E-state index in [1.807, 2.05) is 4.90 Å². The maximum atomic E-state index is 12.8. The van der Waals surface area contributed by atoms with Gasteiger partial charge in [0.15, 0.2) is 0 Å². The number of piperidine rings is 2. The van der Waals surface area contributed by atoms with Crippen molar-refractivity contribution in [2.45, 2.75) is 45.4 Å². The Morgan fingerprint density at radius 3 is 2.39 bits per heavy atom. The van der Waals surface area contributed by atoms with E-state index >= 15 is 0 Å². The normalized spacial score (nSPS) is 20.2. The van der Waals surface area contributed by atoms with E-state index in [2.05, 4.69) is 37.4 Å². The second-order valence-electron chi connectivity index (χ2n) is 7.13. The minimum absolute atomic E-state index is 0. The molecule has 3 nitrogen and oxygen atoms in total. The van der Waals surface area contributed by atoms with Crippen LogP contribution < -0.4 is 5.32 Å². The summed E-state index contributed by atoms with van der Waals surface area (Å²) < 4.78 is 0. The van der Waals surface area contributed by atoms with Crippen molar-refractivity contribution in [1.29, 1.82) is 0 Å². The van der Waals surface area contributed by atoms with Crippen LogP contribution in [0.3, 0.4) is 0 Å². The van der Waals surface area contributed by atoms with E-state index in [4.69, 9.17) is 0 Å². The number of nitrogens with zero attached hydrogens (tertiary/aromatic N) is 1. The number of nitrogens with one attached hydrogen (secondary N) is 1. The van der Waals surface area contributed by atoms with E-state index in [1.54, 1.807) is 0 Å². The van der Waals surface area contributed by atoms with E-state index in [1.165, 1.54) is 24.0 Å². The summed E-state index contributed by atoms with van der Waals surface area (Å²) in [6.07, 6.45) is 4.63. The number of benzene rings is 1. The fourth-order valence-electron chi connectivity index (χ4n) is 3.72. The van der Waals surface area contributed by atoms with E-state index in [0.29, 0.717) is 5.92 Å². The number of carbonyl (C=O) groups excluding carboxylic acids is 1. The Bertz CT molecular complexity index is 532. The van der Waals surface area contributed by atoms with Crippen LogP contribution >= 0.6 is 12.4 Å². The van der Waals surface area contributed by atoms with Crippen LogP contribution in [-0.4, -0.2) is 37.0 Å². The first kappa shape index (κ1) is 18.3. The number of carbonyl (C=O) groups is 1. The molecule has 1 aromatic rings. The molecular formula is C19H29ClN2O. The first-order valence-corrected chi connectivity index (χ1v) is 8.75. The number of aryl methyl sites for hydroxylation is 1. The number of hydrogen-bond acceptors (Lipinski definition) is 2. The molecule has 0 atom stereocenters. The maximum Gasteiger partial charge on any atom is 0.253 e. The molecule has 0 bridgehead atoms. The van der Waals surface area contributed by atoms with E-state index < -0.39 is 0 Å². The molecule has 1 N–H and O–H groups in total. The van der Waals surface area contributed by atoms with Crippen molar-refractivity contribution in [1.82, 2.24) is 10.2 Å². The smallest absolute Gasteiger partial charge is 0.253 e. The predicted octanol–water partition coefficient (Wildman–Crippen LogP) is 3.76. The molecule has 0 spiro atoms. The summed E-state index contributed by atoms with van der Waals surface area (Å²) >= 11 is 0. The molecule has 128 valence electrons. The van der Waals surface area contributed by atoms with Gasteiger partial charge >= 0.3 is 0 Å². The van der Waals surface area contributed by atoms with Crippen LogP contribution in [0.25, 0.3) is 0 Å². The van der Waals surface area contributed by atoms with Crippen LogP contribution in [0.5, 0.6) is 0 Å². The average molecular weight is 337 g/mol. The summed E-state index contributed by atoms with van der Waals surface area (Å²) in [6.45, 7) is 8.40. The molecule has 2 heterocycles. The molecule has 0 radical (unpaired) electrons. The van der Waals surface area contributed by atoms with Gasteiger partial charge < -0.3 is 10.2 Å². The van der Waals surface area contributed by atoms with Crippen molar-refractivity contribution >= 4 is 18.3 Å². The Morgan fingerprint density at radius 2 is 1.74 bits per heavy atom. The van der Waals surface area contributed by atoms with Crippen LogP contribution in [0.2, 0.25) is 0 Å². The van der Waals surface area contributed by atoms with Crippen molar-refractivity contribution in [3.8, 4) is 0 Å². The summed E-state index contributed by atoms with van der Waals surface area (Å²) in [6, 6.07) is 6.49. The van der Waals surface area contributed by atoms with Gasteiger partial charge in [-0.15, -0.1) is 12.4 Å². The van der Waals surface area contributed by atoms with Crippen molar-refractivity contribution in [2.75, 3.05) is 26.2 Å². The van der Waals surface area contributed by atoms with E-state index in [9.17, 15) is 4.79 Å². The third kappa shape index (κ3) is 4.48. The van der Waals surface area contributed by atoms with Crippen LogP contribution in [0.1, 0.15) is 60.0 Å². The first-order chi connectivity index (χ1) is 10.6. The Kier molecular flexibility index (Phi) is 6.49. The van der Waals surface area contributed by atoms with Gasteiger partial charge in [0.2, 0.25) is 0 Å². The SMILES string of the molecule is Cc1cc(C(=O)N2CCC(C)CC2)cc(C2CCNCC2)c1.Cl. The predicted molar refractivity (Wildman–Crippen MR) is 97.6 cm³/mol. The maximum absolute atomic E-state index is 12.8. The topological polar surface area (TPSA) is 32.3 Å². The van der Waals surface area contributed by atoms with Crippen molar-refractivity contribution in [3.63, 3.8) is 0 Å². The van der Waals surface area contributed by atoms with Gasteiger partial charge in [0, 0.05) is 18.7 Å². The molecule has 3 rings (SSSR count). The zero-order valence-corrected chi connectivity index (χ0v) is 15.1. The molecule has 1 amide bonds. The van der Waals surface area contributed by atoms with Crippen LogP contribution in [-0.2, 0) is 0 Å². The highest BCUT2D eigenvalue weighted by molar-refractivity contribution is 5.94. The third-order valence-corrected chi connectivity index (χ3v) is 5.23. The molecule has 0 saturated carbocycles. The standard InChI is InChI=1S/C19H28N2O.ClH/c1-14-5-9-21(10-6-14)19(22)18-12-15(2)11-17(13-18)16-3-7-20-8-4-16;/h11-14,16,20H,3-10H2,1-2H3;1H. The fourth-order valence-corrected chi connectivity index (χ4v) is 3.72. The molecule has 4 heteroatoms. The number of halogens is 1. The Labute approximate surface area is 146 Å². The molecular weight excluding hydrogens is 308 g/mol. The van der Waals surface area contributed by atoms with Gasteiger partial charge in [-0.05, 0) is 75.2 Å².